The van der Waals surface area contributed by atoms with Crippen molar-refractivity contribution in [2.75, 3.05) is 0 Å². The molecule has 1 aliphatic carbocycles. The van der Waals surface area contributed by atoms with Crippen molar-refractivity contribution in [2.24, 2.45) is 0 Å². The predicted molar refractivity (Wildman–Crippen MR) is 237 cm³/mol. The topological polar surface area (TPSA) is 43.6 Å². The molecular formula is C53H44N4. The highest BCUT2D eigenvalue weighted by Crippen LogP contribution is 2.43. The molecule has 276 valence electrons. The minimum atomic E-state index is -0.158. The quantitative estimate of drug-likeness (QED) is 0.165. The molecule has 0 bridgehead atoms. The van der Waals surface area contributed by atoms with Crippen LogP contribution in [0.15, 0.2) is 194 Å². The summed E-state index contributed by atoms with van der Waals surface area (Å²) in [6, 6.07) is 55.6. The van der Waals surface area contributed by atoms with Crippen LogP contribution in [0.5, 0.6) is 0 Å². The molecule has 6 aromatic carbocycles. The summed E-state index contributed by atoms with van der Waals surface area (Å²) >= 11 is 0. The lowest BCUT2D eigenvalue weighted by Gasteiger charge is -2.25. The maximum Gasteiger partial charge on any atom is 0.164 e. The fourth-order valence-corrected chi connectivity index (χ4v) is 8.08. The first kappa shape index (κ1) is 35.8. The van der Waals surface area contributed by atoms with Gasteiger partial charge in [-0.05, 0) is 59.9 Å². The molecule has 9 rings (SSSR count). The van der Waals surface area contributed by atoms with E-state index in [4.69, 9.17) is 15.0 Å². The molecule has 0 saturated heterocycles. The zero-order valence-electron chi connectivity index (χ0n) is 32.6. The van der Waals surface area contributed by atoms with Crippen LogP contribution in [0, 0.1) is 0 Å². The lowest BCUT2D eigenvalue weighted by atomic mass is 9.79. The van der Waals surface area contributed by atoms with Crippen molar-refractivity contribution in [3.63, 3.8) is 0 Å². The minimum absolute atomic E-state index is 0.158. The summed E-state index contributed by atoms with van der Waals surface area (Å²) in [6.45, 7) is 6.90. The van der Waals surface area contributed by atoms with Gasteiger partial charge < -0.3 is 4.57 Å². The van der Waals surface area contributed by atoms with E-state index in [1.54, 1.807) is 0 Å². The van der Waals surface area contributed by atoms with Gasteiger partial charge in [0, 0.05) is 50.9 Å². The molecule has 2 aromatic heterocycles. The highest BCUT2D eigenvalue weighted by molar-refractivity contribution is 6.00. The molecule has 0 saturated carbocycles. The van der Waals surface area contributed by atoms with Gasteiger partial charge in [0.25, 0.3) is 0 Å². The molecule has 1 aliphatic rings. The van der Waals surface area contributed by atoms with Gasteiger partial charge in [0.05, 0.1) is 5.52 Å². The highest BCUT2D eigenvalue weighted by atomic mass is 15.0. The average Bonchev–Trinajstić information content (AvgIpc) is 3.58. The van der Waals surface area contributed by atoms with Gasteiger partial charge in [-0.15, -0.1) is 0 Å². The van der Waals surface area contributed by atoms with Crippen LogP contribution in [0.3, 0.4) is 0 Å². The molecule has 0 aliphatic heterocycles. The lowest BCUT2D eigenvalue weighted by molar-refractivity contribution is 0.670. The van der Waals surface area contributed by atoms with Gasteiger partial charge in [0.1, 0.15) is 0 Å². The molecule has 4 heteroatoms. The third-order valence-electron chi connectivity index (χ3n) is 10.9. The number of allylic oxidation sites excluding steroid dienone is 6. The maximum absolute atomic E-state index is 5.02. The zero-order valence-corrected chi connectivity index (χ0v) is 32.6. The Bertz CT molecular complexity index is 2760. The van der Waals surface area contributed by atoms with Gasteiger partial charge in [-0.25, -0.2) is 15.0 Å². The van der Waals surface area contributed by atoms with Gasteiger partial charge in [-0.2, -0.15) is 0 Å². The summed E-state index contributed by atoms with van der Waals surface area (Å²) in [5, 5.41) is 1.25. The minimum Gasteiger partial charge on any atom is -0.313 e. The summed E-state index contributed by atoms with van der Waals surface area (Å²) < 4.78 is 2.49. The van der Waals surface area contributed by atoms with Crippen LogP contribution in [0.4, 0.5) is 0 Å². The first-order chi connectivity index (χ1) is 27.9. The van der Waals surface area contributed by atoms with Crippen LogP contribution in [-0.2, 0) is 11.8 Å². The molecule has 0 atom stereocenters. The Morgan fingerprint density at radius 2 is 1.12 bits per heavy atom. The molecule has 0 fully saturated rings. The number of aromatic nitrogens is 4. The Hall–Kier alpha value is -6.91. The predicted octanol–water partition coefficient (Wildman–Crippen LogP) is 13.4. The van der Waals surface area contributed by atoms with Crippen LogP contribution in [0.25, 0.3) is 73.0 Å². The second-order valence-electron chi connectivity index (χ2n) is 15.4. The first-order valence-electron chi connectivity index (χ1n) is 19.7. The van der Waals surface area contributed by atoms with Crippen molar-refractivity contribution in [1.82, 2.24) is 19.5 Å². The molecule has 4 nitrogen and oxygen atoms in total. The lowest BCUT2D eigenvalue weighted by Crippen LogP contribution is -2.15. The Kier molecular flexibility index (Phi) is 9.61. The van der Waals surface area contributed by atoms with Gasteiger partial charge in [0.15, 0.2) is 17.5 Å². The van der Waals surface area contributed by atoms with E-state index in [1.165, 1.54) is 38.9 Å². The monoisotopic (exact) mass is 736 g/mol. The normalized spacial score (nSPS) is 15.9. The molecule has 2 heterocycles. The van der Waals surface area contributed by atoms with E-state index in [-0.39, 0.29) is 5.41 Å². The standard InChI is InChI=1S/C53H44N4/c1-37-20-8-4-5-17-33-53(2,3)46-31-15-13-29-44(46)49-45-30-14-16-32-47(45)57(48(49)34-37)43-28-19-26-41(36-43)40-25-18-27-42(35-40)52-55-50(38-21-9-6-10-22-38)54-51(56-52)39-23-11-7-12-24-39/h4,6-33,35-36H,5,34H2,1-3H3/b8-4-,33-17+,37-20+. The van der Waals surface area contributed by atoms with Crippen LogP contribution in [-0.4, -0.2) is 19.5 Å². The van der Waals surface area contributed by atoms with Crippen molar-refractivity contribution in [3.8, 4) is 62.1 Å². The molecule has 0 radical (unpaired) electrons. The third kappa shape index (κ3) is 7.18. The number of nitrogens with zero attached hydrogens (tertiary/aromatic N) is 4. The number of benzene rings is 6. The fraction of sp³-hybridized carbons (Fsp3) is 0.113. The molecule has 0 unspecified atom stereocenters. The Morgan fingerprint density at radius 3 is 1.86 bits per heavy atom. The van der Waals surface area contributed by atoms with E-state index in [1.807, 2.05) is 60.7 Å². The van der Waals surface area contributed by atoms with Crippen molar-refractivity contribution in [2.45, 2.75) is 39.0 Å². The van der Waals surface area contributed by atoms with Gasteiger partial charge in [0.2, 0.25) is 0 Å². The van der Waals surface area contributed by atoms with E-state index < -0.39 is 0 Å². The summed E-state index contributed by atoms with van der Waals surface area (Å²) in [6.07, 6.45) is 13.1. The Balaban J connectivity index is 1.20. The number of para-hydroxylation sites is 1. The third-order valence-corrected chi connectivity index (χ3v) is 10.9. The van der Waals surface area contributed by atoms with Crippen LogP contribution in [0.1, 0.15) is 38.4 Å². The Morgan fingerprint density at radius 1 is 0.544 bits per heavy atom. The summed E-state index contributed by atoms with van der Waals surface area (Å²) in [5.41, 5.74) is 13.7. The number of hydrogen-bond acceptors (Lipinski definition) is 3. The van der Waals surface area contributed by atoms with Crippen LogP contribution >= 0.6 is 0 Å². The first-order valence-corrected chi connectivity index (χ1v) is 19.7. The fourth-order valence-electron chi connectivity index (χ4n) is 8.08. The molecule has 57 heavy (non-hydrogen) atoms. The number of fused-ring (bicyclic) bond motifs is 5. The number of hydrogen-bond donors (Lipinski definition) is 0. The summed E-state index contributed by atoms with van der Waals surface area (Å²) in [4.78, 5) is 14.9. The average molecular weight is 737 g/mol. The molecule has 0 N–H and O–H groups in total. The SMILES string of the molecule is C/C1=C\C=C/C/C=C/C(C)(C)c2ccccc2-c2c(n(-c3cccc(-c4cccc(-c5nc(-c6ccccc6)nc(-c6ccccc6)n5)c4)c3)c3ccccc23)C1. The molecule has 8 aromatic rings. The van der Waals surface area contributed by atoms with E-state index >= 15 is 0 Å². The van der Waals surface area contributed by atoms with Crippen LogP contribution in [0.2, 0.25) is 0 Å². The van der Waals surface area contributed by atoms with E-state index in [2.05, 4.69) is 153 Å². The van der Waals surface area contributed by atoms with Gasteiger partial charge in [-0.1, -0.05) is 183 Å². The Labute approximate surface area is 335 Å². The second kappa shape index (κ2) is 15.3. The van der Waals surface area contributed by atoms with Crippen molar-refractivity contribution < 1.29 is 0 Å². The van der Waals surface area contributed by atoms with Crippen molar-refractivity contribution in [1.29, 1.82) is 0 Å². The molecule has 0 amide bonds. The van der Waals surface area contributed by atoms with Gasteiger partial charge in [-0.3, -0.25) is 0 Å². The van der Waals surface area contributed by atoms with Gasteiger partial charge >= 0.3 is 0 Å². The smallest absolute Gasteiger partial charge is 0.164 e. The summed E-state index contributed by atoms with van der Waals surface area (Å²) in [7, 11) is 0. The largest absolute Gasteiger partial charge is 0.313 e. The molecule has 0 spiro atoms. The van der Waals surface area contributed by atoms with Crippen molar-refractivity contribution >= 4 is 10.9 Å². The highest BCUT2D eigenvalue weighted by Gasteiger charge is 2.27. The molecular weight excluding hydrogens is 693 g/mol. The van der Waals surface area contributed by atoms with E-state index in [0.29, 0.717) is 17.5 Å². The zero-order chi connectivity index (χ0) is 38.8. The maximum atomic E-state index is 5.02. The number of rotatable bonds is 5. The summed E-state index contributed by atoms with van der Waals surface area (Å²) in [5.74, 6) is 1.94. The van der Waals surface area contributed by atoms with E-state index in [0.717, 1.165) is 46.3 Å². The van der Waals surface area contributed by atoms with Crippen molar-refractivity contribution in [3.05, 3.63) is 205 Å². The van der Waals surface area contributed by atoms with Crippen LogP contribution < -0.4 is 0 Å². The second-order valence-corrected chi connectivity index (χ2v) is 15.4. The van der Waals surface area contributed by atoms with E-state index in [9.17, 15) is 0 Å².